The van der Waals surface area contributed by atoms with Crippen LogP contribution >= 0.6 is 24.0 Å². The Morgan fingerprint density at radius 3 is 2.77 bits per heavy atom. The Morgan fingerprint density at radius 2 is 2.00 bits per heavy atom. The van der Waals surface area contributed by atoms with Gasteiger partial charge in [-0.15, -0.1) is 24.0 Å². The lowest BCUT2D eigenvalue weighted by Gasteiger charge is -2.31. The Balaban J connectivity index is 0.00000243. The normalized spacial score (nSPS) is 20.3. The van der Waals surface area contributed by atoms with E-state index in [4.69, 9.17) is 10.5 Å². The molecule has 0 bridgehead atoms. The van der Waals surface area contributed by atoms with Gasteiger partial charge in [0.25, 0.3) is 0 Å². The zero-order chi connectivity index (χ0) is 17.5. The third kappa shape index (κ3) is 5.71. The molecular formula is C21H28IN3O. The van der Waals surface area contributed by atoms with Gasteiger partial charge < -0.3 is 15.8 Å². The molecule has 0 aromatic heterocycles. The summed E-state index contributed by atoms with van der Waals surface area (Å²) in [6.07, 6.45) is 3.30. The highest BCUT2D eigenvalue weighted by molar-refractivity contribution is 14.0. The van der Waals surface area contributed by atoms with Crippen LogP contribution < -0.4 is 11.1 Å². The molecule has 1 heterocycles. The van der Waals surface area contributed by atoms with Gasteiger partial charge in [0.15, 0.2) is 5.96 Å². The van der Waals surface area contributed by atoms with Crippen LogP contribution in [-0.2, 0) is 11.2 Å². The van der Waals surface area contributed by atoms with Gasteiger partial charge in [-0.3, -0.25) is 4.99 Å². The molecule has 4 nitrogen and oxygen atoms in total. The summed E-state index contributed by atoms with van der Waals surface area (Å²) in [7, 11) is 0. The van der Waals surface area contributed by atoms with E-state index >= 15 is 0 Å². The van der Waals surface area contributed by atoms with Gasteiger partial charge in [0.2, 0.25) is 0 Å². The number of guanidine groups is 1. The molecule has 3 N–H and O–H groups in total. The van der Waals surface area contributed by atoms with Crippen LogP contribution in [-0.4, -0.2) is 19.1 Å². The van der Waals surface area contributed by atoms with E-state index in [1.54, 1.807) is 0 Å². The van der Waals surface area contributed by atoms with Gasteiger partial charge in [-0.05, 0) is 42.5 Å². The molecule has 1 saturated heterocycles. The molecule has 5 heteroatoms. The third-order valence-corrected chi connectivity index (χ3v) is 4.68. The average Bonchev–Trinajstić information content (AvgIpc) is 2.67. The number of halogens is 1. The van der Waals surface area contributed by atoms with Gasteiger partial charge in [-0.2, -0.15) is 0 Å². The predicted octanol–water partition coefficient (Wildman–Crippen LogP) is 4.76. The second-order valence-electron chi connectivity index (χ2n) is 6.51. The zero-order valence-electron chi connectivity index (χ0n) is 15.2. The molecule has 0 radical (unpaired) electrons. The van der Waals surface area contributed by atoms with Crippen molar-refractivity contribution in [2.75, 3.05) is 18.5 Å². The van der Waals surface area contributed by atoms with Crippen LogP contribution in [0.2, 0.25) is 0 Å². The number of nitrogens with two attached hydrogens (primary N) is 1. The Labute approximate surface area is 173 Å². The molecular weight excluding hydrogens is 437 g/mol. The zero-order valence-corrected chi connectivity index (χ0v) is 17.6. The minimum Gasteiger partial charge on any atom is -0.373 e. The first-order valence-electron chi connectivity index (χ1n) is 9.08. The lowest BCUT2D eigenvalue weighted by Crippen LogP contribution is -2.28. The fourth-order valence-corrected chi connectivity index (χ4v) is 3.31. The molecule has 0 saturated carbocycles. The smallest absolute Gasteiger partial charge is 0.193 e. The van der Waals surface area contributed by atoms with Gasteiger partial charge in [0.05, 0.1) is 6.10 Å². The van der Waals surface area contributed by atoms with Crippen molar-refractivity contribution < 1.29 is 4.74 Å². The molecule has 26 heavy (non-hydrogen) atoms. The van der Waals surface area contributed by atoms with E-state index in [9.17, 15) is 0 Å². The standard InChI is InChI=1S/C21H27N3O.HI/c1-2-16-8-6-12-19(14-16)24-21(22)23-15-18-11-7-13-25-20(18)17-9-4-3-5-10-17;/h3-6,8-10,12,14,18,20H,2,7,11,13,15H2,1H3,(H3,22,23,24);1H. The predicted molar refractivity (Wildman–Crippen MR) is 119 cm³/mol. The van der Waals surface area contributed by atoms with E-state index in [-0.39, 0.29) is 30.1 Å². The van der Waals surface area contributed by atoms with Crippen LogP contribution in [0, 0.1) is 5.92 Å². The van der Waals surface area contributed by atoms with E-state index in [1.807, 2.05) is 18.2 Å². The van der Waals surface area contributed by atoms with E-state index in [2.05, 4.69) is 53.6 Å². The second kappa shape index (κ2) is 10.5. The number of nitrogens with zero attached hydrogens (tertiary/aromatic N) is 1. The maximum atomic E-state index is 6.10. The molecule has 2 aromatic rings. The first-order chi connectivity index (χ1) is 12.3. The quantitative estimate of drug-likeness (QED) is 0.380. The minimum absolute atomic E-state index is 0. The fraction of sp³-hybridized carbons (Fsp3) is 0.381. The van der Waals surface area contributed by atoms with Gasteiger partial charge in [0.1, 0.15) is 0 Å². The Morgan fingerprint density at radius 1 is 1.19 bits per heavy atom. The van der Waals surface area contributed by atoms with Gasteiger partial charge >= 0.3 is 0 Å². The van der Waals surface area contributed by atoms with Crippen LogP contribution in [0.15, 0.2) is 59.6 Å². The van der Waals surface area contributed by atoms with Crippen LogP contribution in [0.1, 0.15) is 37.0 Å². The van der Waals surface area contributed by atoms with Crippen molar-refractivity contribution in [3.05, 3.63) is 65.7 Å². The van der Waals surface area contributed by atoms with E-state index in [0.717, 1.165) is 31.6 Å². The summed E-state index contributed by atoms with van der Waals surface area (Å²) in [6.45, 7) is 3.63. The third-order valence-electron chi connectivity index (χ3n) is 4.68. The molecule has 1 aliphatic heterocycles. The summed E-state index contributed by atoms with van der Waals surface area (Å²) < 4.78 is 6.03. The highest BCUT2D eigenvalue weighted by Crippen LogP contribution is 2.33. The number of hydrogen-bond acceptors (Lipinski definition) is 2. The van der Waals surface area contributed by atoms with Crippen LogP contribution in [0.25, 0.3) is 0 Å². The van der Waals surface area contributed by atoms with Gasteiger partial charge in [0, 0.05) is 24.8 Å². The van der Waals surface area contributed by atoms with Crippen molar-refractivity contribution in [3.8, 4) is 0 Å². The summed E-state index contributed by atoms with van der Waals surface area (Å²) in [5.74, 6) is 0.823. The summed E-state index contributed by atoms with van der Waals surface area (Å²) in [5.41, 5.74) is 9.59. The van der Waals surface area contributed by atoms with Crippen molar-refractivity contribution in [1.29, 1.82) is 0 Å². The number of ether oxygens (including phenoxy) is 1. The molecule has 2 aromatic carbocycles. The van der Waals surface area contributed by atoms with E-state index in [1.165, 1.54) is 11.1 Å². The number of nitrogens with one attached hydrogen (secondary N) is 1. The van der Waals surface area contributed by atoms with E-state index in [0.29, 0.717) is 18.4 Å². The fourth-order valence-electron chi connectivity index (χ4n) is 3.31. The number of aryl methyl sites for hydroxylation is 1. The maximum absolute atomic E-state index is 6.10. The van der Waals surface area contributed by atoms with Crippen molar-refractivity contribution in [2.45, 2.75) is 32.3 Å². The van der Waals surface area contributed by atoms with Gasteiger partial charge in [-0.1, -0.05) is 49.4 Å². The molecule has 3 rings (SSSR count). The van der Waals surface area contributed by atoms with Gasteiger partial charge in [-0.25, -0.2) is 0 Å². The van der Waals surface area contributed by atoms with Crippen molar-refractivity contribution in [3.63, 3.8) is 0 Å². The topological polar surface area (TPSA) is 59.6 Å². The van der Waals surface area contributed by atoms with Crippen molar-refractivity contribution in [2.24, 2.45) is 16.6 Å². The Hall–Kier alpha value is -1.60. The first kappa shape index (κ1) is 20.7. The molecule has 2 unspecified atom stereocenters. The number of aliphatic imine (C=N–C) groups is 1. The highest BCUT2D eigenvalue weighted by Gasteiger charge is 2.27. The lowest BCUT2D eigenvalue weighted by atomic mass is 9.89. The number of benzene rings is 2. The number of rotatable bonds is 5. The number of hydrogen-bond donors (Lipinski definition) is 2. The Kier molecular flexibility index (Phi) is 8.38. The largest absolute Gasteiger partial charge is 0.373 e. The van der Waals surface area contributed by atoms with Crippen molar-refractivity contribution >= 4 is 35.6 Å². The summed E-state index contributed by atoms with van der Waals surface area (Å²) in [6, 6.07) is 18.7. The Bertz CT molecular complexity index is 705. The van der Waals surface area contributed by atoms with Crippen LogP contribution in [0.4, 0.5) is 5.69 Å². The summed E-state index contributed by atoms with van der Waals surface area (Å²) in [5, 5.41) is 3.20. The first-order valence-corrected chi connectivity index (χ1v) is 9.08. The molecule has 1 aliphatic rings. The molecule has 2 atom stereocenters. The van der Waals surface area contributed by atoms with Crippen LogP contribution in [0.5, 0.6) is 0 Å². The minimum atomic E-state index is 0. The van der Waals surface area contributed by atoms with E-state index < -0.39 is 0 Å². The number of anilines is 1. The molecule has 0 spiro atoms. The summed E-state index contributed by atoms with van der Waals surface area (Å²) in [4.78, 5) is 4.58. The van der Waals surface area contributed by atoms with Crippen molar-refractivity contribution in [1.82, 2.24) is 0 Å². The molecule has 1 fully saturated rings. The average molecular weight is 465 g/mol. The molecule has 0 amide bonds. The molecule has 140 valence electrons. The summed E-state index contributed by atoms with van der Waals surface area (Å²) >= 11 is 0. The monoisotopic (exact) mass is 465 g/mol. The molecule has 0 aliphatic carbocycles. The van der Waals surface area contributed by atoms with Crippen LogP contribution in [0.3, 0.4) is 0 Å². The SMILES string of the molecule is CCc1cccc(NC(N)=NCC2CCCOC2c2ccccc2)c1.I. The lowest BCUT2D eigenvalue weighted by molar-refractivity contribution is -0.0249. The maximum Gasteiger partial charge on any atom is 0.193 e. The highest BCUT2D eigenvalue weighted by atomic mass is 127. The second-order valence-corrected chi connectivity index (χ2v) is 6.51.